The second kappa shape index (κ2) is 8.79. The van der Waals surface area contributed by atoms with Crippen molar-refractivity contribution in [3.8, 4) is 0 Å². The number of benzene rings is 1. The quantitative estimate of drug-likeness (QED) is 0.755. The Bertz CT molecular complexity index is 841. The fraction of sp³-hybridized carbons (Fsp3) is 0.278. The van der Waals surface area contributed by atoms with Gasteiger partial charge in [0.25, 0.3) is 0 Å². The number of aromatic nitrogens is 4. The van der Waals surface area contributed by atoms with Crippen LogP contribution in [0.25, 0.3) is 0 Å². The summed E-state index contributed by atoms with van der Waals surface area (Å²) in [6.07, 6.45) is 9.00. The predicted molar refractivity (Wildman–Crippen MR) is 101 cm³/mol. The topological polar surface area (TPSA) is 76.3 Å². The number of aliphatic hydroxyl groups is 1. The van der Waals surface area contributed by atoms with Crippen molar-refractivity contribution < 1.29 is 9.84 Å². The Balaban J connectivity index is 0.000000613. The molecule has 0 saturated carbocycles. The van der Waals surface area contributed by atoms with E-state index in [0.29, 0.717) is 6.73 Å². The zero-order valence-electron chi connectivity index (χ0n) is 14.7. The molecule has 0 spiro atoms. The molecule has 3 heterocycles. The van der Waals surface area contributed by atoms with Crippen LogP contribution in [0.1, 0.15) is 12.5 Å². The molecule has 1 aliphatic rings. The zero-order chi connectivity index (χ0) is 18.4. The van der Waals surface area contributed by atoms with E-state index in [9.17, 15) is 0 Å². The molecule has 0 amide bonds. The number of aliphatic hydroxyl groups excluding tert-OH is 1. The molecule has 0 atom stereocenters. The fourth-order valence-corrected chi connectivity index (χ4v) is 3.59. The minimum Gasteiger partial charge on any atom is -0.397 e. The highest BCUT2D eigenvalue weighted by Crippen LogP contribution is 2.46. The van der Waals surface area contributed by atoms with Gasteiger partial charge in [0.2, 0.25) is 0 Å². The van der Waals surface area contributed by atoms with Crippen molar-refractivity contribution in [1.82, 2.24) is 19.5 Å². The Morgan fingerprint density at radius 1 is 1.19 bits per heavy atom. The normalized spacial score (nSPS) is 12.0. The largest absolute Gasteiger partial charge is 0.397 e. The molecule has 136 valence electrons. The van der Waals surface area contributed by atoms with Crippen LogP contribution in [0.2, 0.25) is 0 Å². The fourth-order valence-electron chi connectivity index (χ4n) is 2.60. The third kappa shape index (κ3) is 4.04. The maximum Gasteiger partial charge on any atom is 0.168 e. The maximum absolute atomic E-state index is 7.57. The summed E-state index contributed by atoms with van der Waals surface area (Å²) in [5.74, 6) is 0.839. The average molecular weight is 371 g/mol. The zero-order valence-corrected chi connectivity index (χ0v) is 15.6. The SMILES string of the molecule is CCO.COCN1c2cc(Cn3ccnc3)ccc2Sc2nccnc21. The minimum absolute atomic E-state index is 0.250. The van der Waals surface area contributed by atoms with E-state index in [-0.39, 0.29) is 6.61 Å². The highest BCUT2D eigenvalue weighted by molar-refractivity contribution is 7.99. The van der Waals surface area contributed by atoms with Gasteiger partial charge in [-0.3, -0.25) is 4.90 Å². The van der Waals surface area contributed by atoms with Crippen molar-refractivity contribution in [2.75, 3.05) is 25.3 Å². The molecule has 1 aliphatic heterocycles. The first kappa shape index (κ1) is 18.4. The van der Waals surface area contributed by atoms with Crippen molar-refractivity contribution >= 4 is 23.3 Å². The number of imidazole rings is 1. The molecule has 0 bridgehead atoms. The Kier molecular flexibility index (Phi) is 6.21. The lowest BCUT2D eigenvalue weighted by Gasteiger charge is -2.30. The Hall–Kier alpha value is -2.42. The van der Waals surface area contributed by atoms with E-state index in [1.54, 1.807) is 44.4 Å². The number of anilines is 2. The molecule has 0 fully saturated rings. The van der Waals surface area contributed by atoms with E-state index in [1.165, 1.54) is 5.56 Å². The predicted octanol–water partition coefficient (Wildman–Crippen LogP) is 2.93. The third-order valence-corrected chi connectivity index (χ3v) is 4.65. The van der Waals surface area contributed by atoms with Crippen LogP contribution in [-0.2, 0) is 11.3 Å². The molecule has 26 heavy (non-hydrogen) atoms. The van der Waals surface area contributed by atoms with Crippen LogP contribution in [-0.4, -0.2) is 45.1 Å². The highest BCUT2D eigenvalue weighted by atomic mass is 32.2. The molecular formula is C18H21N5O2S. The lowest BCUT2D eigenvalue weighted by molar-refractivity contribution is 0.204. The Morgan fingerprint density at radius 2 is 2.00 bits per heavy atom. The smallest absolute Gasteiger partial charge is 0.168 e. The third-order valence-electron chi connectivity index (χ3n) is 3.61. The van der Waals surface area contributed by atoms with Crippen LogP contribution >= 0.6 is 11.8 Å². The van der Waals surface area contributed by atoms with E-state index >= 15 is 0 Å². The van der Waals surface area contributed by atoms with E-state index in [4.69, 9.17) is 9.84 Å². The van der Waals surface area contributed by atoms with Crippen LogP contribution in [0.3, 0.4) is 0 Å². The molecule has 7 nitrogen and oxygen atoms in total. The number of ether oxygens (including phenoxy) is 1. The second-order valence-corrected chi connectivity index (χ2v) is 6.52. The summed E-state index contributed by atoms with van der Waals surface area (Å²) < 4.78 is 7.42. The first-order chi connectivity index (χ1) is 12.8. The van der Waals surface area contributed by atoms with Gasteiger partial charge in [0.15, 0.2) is 5.82 Å². The van der Waals surface area contributed by atoms with Gasteiger partial charge in [-0.2, -0.15) is 0 Å². The first-order valence-corrected chi connectivity index (χ1v) is 9.03. The number of hydrogen-bond donors (Lipinski definition) is 1. The number of rotatable bonds is 4. The molecule has 1 N–H and O–H groups in total. The summed E-state index contributed by atoms with van der Waals surface area (Å²) in [5.41, 5.74) is 2.30. The van der Waals surface area contributed by atoms with Crippen LogP contribution in [0, 0.1) is 0 Å². The summed E-state index contributed by atoms with van der Waals surface area (Å²) in [6, 6.07) is 6.45. The van der Waals surface area contributed by atoms with E-state index < -0.39 is 0 Å². The molecule has 0 radical (unpaired) electrons. The van der Waals surface area contributed by atoms with Crippen molar-refractivity contribution in [2.24, 2.45) is 0 Å². The minimum atomic E-state index is 0.250. The molecule has 0 unspecified atom stereocenters. The van der Waals surface area contributed by atoms with Gasteiger partial charge in [0.1, 0.15) is 11.8 Å². The van der Waals surface area contributed by atoms with Gasteiger partial charge in [-0.15, -0.1) is 0 Å². The van der Waals surface area contributed by atoms with Gasteiger partial charge in [0.05, 0.1) is 12.0 Å². The molecule has 3 aromatic rings. The molecule has 1 aromatic carbocycles. The van der Waals surface area contributed by atoms with Crippen LogP contribution < -0.4 is 4.90 Å². The highest BCUT2D eigenvalue weighted by Gasteiger charge is 2.25. The first-order valence-electron chi connectivity index (χ1n) is 8.21. The van der Waals surface area contributed by atoms with Crippen molar-refractivity contribution in [1.29, 1.82) is 0 Å². The van der Waals surface area contributed by atoms with Crippen LogP contribution in [0.5, 0.6) is 0 Å². The lowest BCUT2D eigenvalue weighted by Crippen LogP contribution is -2.24. The van der Waals surface area contributed by atoms with E-state index in [0.717, 1.165) is 28.0 Å². The van der Waals surface area contributed by atoms with Gasteiger partial charge in [-0.05, 0) is 24.6 Å². The van der Waals surface area contributed by atoms with Crippen LogP contribution in [0.4, 0.5) is 11.5 Å². The number of fused-ring (bicyclic) bond motifs is 2. The van der Waals surface area contributed by atoms with E-state index in [1.807, 2.05) is 17.1 Å². The summed E-state index contributed by atoms with van der Waals surface area (Å²) in [5, 5.41) is 8.47. The summed E-state index contributed by atoms with van der Waals surface area (Å²) in [6.45, 7) is 3.15. The van der Waals surface area contributed by atoms with Gasteiger partial charge in [-0.25, -0.2) is 15.0 Å². The molecule has 0 aliphatic carbocycles. The van der Waals surface area contributed by atoms with Crippen molar-refractivity contribution in [3.63, 3.8) is 0 Å². The van der Waals surface area contributed by atoms with Gasteiger partial charge in [-0.1, -0.05) is 17.8 Å². The maximum atomic E-state index is 7.57. The summed E-state index contributed by atoms with van der Waals surface area (Å²) >= 11 is 1.64. The van der Waals surface area contributed by atoms with Crippen molar-refractivity contribution in [2.45, 2.75) is 23.4 Å². The molecular weight excluding hydrogens is 350 g/mol. The standard InChI is InChI=1S/C16H15N5OS.C2H6O/c1-22-11-21-13-8-12(9-20-7-6-17-10-20)2-3-14(13)23-16-15(21)18-4-5-19-16;1-2-3/h2-8,10H,9,11H2,1H3;3H,2H2,1H3. The summed E-state index contributed by atoms with van der Waals surface area (Å²) in [7, 11) is 1.69. The number of methoxy groups -OCH3 is 1. The van der Waals surface area contributed by atoms with Gasteiger partial charge < -0.3 is 14.4 Å². The average Bonchev–Trinajstić information content (AvgIpc) is 3.16. The monoisotopic (exact) mass is 371 g/mol. The Morgan fingerprint density at radius 3 is 2.73 bits per heavy atom. The van der Waals surface area contributed by atoms with Crippen molar-refractivity contribution in [3.05, 3.63) is 54.9 Å². The van der Waals surface area contributed by atoms with Crippen LogP contribution in [0.15, 0.2) is 59.2 Å². The second-order valence-electron chi connectivity index (χ2n) is 5.49. The van der Waals surface area contributed by atoms with Gasteiger partial charge in [0, 0.05) is 49.9 Å². The number of nitrogens with zero attached hydrogens (tertiary/aromatic N) is 5. The molecule has 8 heteroatoms. The summed E-state index contributed by atoms with van der Waals surface area (Å²) in [4.78, 5) is 16.2. The Labute approximate surface area is 156 Å². The number of hydrogen-bond acceptors (Lipinski definition) is 7. The lowest BCUT2D eigenvalue weighted by atomic mass is 10.2. The molecule has 0 saturated heterocycles. The van der Waals surface area contributed by atoms with E-state index in [2.05, 4.69) is 38.1 Å². The van der Waals surface area contributed by atoms with Gasteiger partial charge >= 0.3 is 0 Å². The molecule has 2 aromatic heterocycles. The molecule has 4 rings (SSSR count).